The number of nitrogens with zero attached hydrogens (tertiary/aromatic N) is 1. The summed E-state index contributed by atoms with van der Waals surface area (Å²) in [6.45, 7) is 0.362. The van der Waals surface area contributed by atoms with Crippen molar-refractivity contribution >= 4 is 11.8 Å². The van der Waals surface area contributed by atoms with Gasteiger partial charge in [-0.05, 0) is 48.9 Å². The maximum Gasteiger partial charge on any atom is 0.416 e. The molecule has 1 aliphatic heterocycles. The SMILES string of the molecule is O=C(NCc1cccc(C(F)(F)F)c1)[C@@H]1CC[C@@H](c2ccccc2)N(C(=O)C2CC2)C1. The molecule has 7 heteroatoms. The lowest BCUT2D eigenvalue weighted by Crippen LogP contribution is -2.47. The van der Waals surface area contributed by atoms with Gasteiger partial charge in [-0.25, -0.2) is 0 Å². The maximum absolute atomic E-state index is 12.9. The first-order valence-electron chi connectivity index (χ1n) is 10.6. The Morgan fingerprint density at radius 1 is 0.935 bits per heavy atom. The zero-order chi connectivity index (χ0) is 22.0. The summed E-state index contributed by atoms with van der Waals surface area (Å²) < 4.78 is 38.7. The van der Waals surface area contributed by atoms with Gasteiger partial charge in [0.2, 0.25) is 11.8 Å². The molecule has 1 N–H and O–H groups in total. The molecule has 0 aromatic heterocycles. The summed E-state index contributed by atoms with van der Waals surface area (Å²) in [4.78, 5) is 27.5. The van der Waals surface area contributed by atoms with Crippen LogP contribution in [0.25, 0.3) is 0 Å². The van der Waals surface area contributed by atoms with Gasteiger partial charge in [0, 0.05) is 19.0 Å². The molecule has 0 bridgehead atoms. The zero-order valence-corrected chi connectivity index (χ0v) is 17.1. The lowest BCUT2D eigenvalue weighted by molar-refractivity contribution is -0.140. The van der Waals surface area contributed by atoms with Crippen LogP contribution >= 0.6 is 0 Å². The summed E-state index contributed by atoms with van der Waals surface area (Å²) in [5, 5.41) is 2.76. The van der Waals surface area contributed by atoms with E-state index >= 15 is 0 Å². The predicted octanol–water partition coefficient (Wildman–Crippen LogP) is 4.71. The fraction of sp³-hybridized carbons (Fsp3) is 0.417. The Morgan fingerprint density at radius 3 is 2.32 bits per heavy atom. The maximum atomic E-state index is 12.9. The van der Waals surface area contributed by atoms with Gasteiger partial charge in [-0.1, -0.05) is 42.5 Å². The molecule has 1 heterocycles. The standard InChI is InChI=1S/C24H25F3N2O2/c25-24(26,27)20-8-4-5-16(13-20)14-28-22(30)19-11-12-21(17-6-2-1-3-7-17)29(15-19)23(31)18-9-10-18/h1-8,13,18-19,21H,9-12,14-15H2,(H,28,30)/t19-,21+/m1/s1. The first kappa shape index (κ1) is 21.4. The first-order chi connectivity index (χ1) is 14.8. The van der Waals surface area contributed by atoms with Crippen molar-refractivity contribution < 1.29 is 22.8 Å². The number of amides is 2. The number of carbonyl (C=O) groups excluding carboxylic acids is 2. The average molecular weight is 430 g/mol. The summed E-state index contributed by atoms with van der Waals surface area (Å²) in [7, 11) is 0. The molecule has 2 aromatic rings. The van der Waals surface area contributed by atoms with Crippen molar-refractivity contribution in [2.24, 2.45) is 11.8 Å². The van der Waals surface area contributed by atoms with E-state index in [-0.39, 0.29) is 36.2 Å². The fourth-order valence-electron chi connectivity index (χ4n) is 4.21. The van der Waals surface area contributed by atoms with Crippen molar-refractivity contribution in [3.63, 3.8) is 0 Å². The molecule has 2 aromatic carbocycles. The number of benzene rings is 2. The fourth-order valence-corrected chi connectivity index (χ4v) is 4.21. The smallest absolute Gasteiger partial charge is 0.352 e. The van der Waals surface area contributed by atoms with Crippen LogP contribution < -0.4 is 5.32 Å². The largest absolute Gasteiger partial charge is 0.416 e. The third-order valence-electron chi connectivity index (χ3n) is 6.07. The molecule has 4 nitrogen and oxygen atoms in total. The Bertz CT molecular complexity index is 941. The minimum absolute atomic E-state index is 0.0257. The number of alkyl halides is 3. The van der Waals surface area contributed by atoms with Crippen molar-refractivity contribution in [3.05, 3.63) is 71.3 Å². The second-order valence-electron chi connectivity index (χ2n) is 8.38. The molecule has 1 aliphatic carbocycles. The molecule has 0 spiro atoms. The van der Waals surface area contributed by atoms with Gasteiger partial charge in [-0.3, -0.25) is 9.59 Å². The van der Waals surface area contributed by atoms with Crippen molar-refractivity contribution in [2.75, 3.05) is 6.54 Å². The Kier molecular flexibility index (Phi) is 6.03. The van der Waals surface area contributed by atoms with Gasteiger partial charge < -0.3 is 10.2 Å². The summed E-state index contributed by atoms with van der Waals surface area (Å²) >= 11 is 0. The van der Waals surface area contributed by atoms with E-state index in [1.54, 1.807) is 6.07 Å². The Morgan fingerprint density at radius 2 is 1.65 bits per heavy atom. The van der Waals surface area contributed by atoms with Gasteiger partial charge in [0.15, 0.2) is 0 Å². The number of hydrogen-bond donors (Lipinski definition) is 1. The van der Waals surface area contributed by atoms with Gasteiger partial charge in [-0.15, -0.1) is 0 Å². The van der Waals surface area contributed by atoms with Gasteiger partial charge in [0.25, 0.3) is 0 Å². The number of piperidine rings is 1. The summed E-state index contributed by atoms with van der Waals surface area (Å²) in [5.41, 5.74) is 0.732. The Hall–Kier alpha value is -2.83. The summed E-state index contributed by atoms with van der Waals surface area (Å²) in [6.07, 6.45) is -1.32. The molecular formula is C24H25F3N2O2. The lowest BCUT2D eigenvalue weighted by Gasteiger charge is -2.39. The molecule has 164 valence electrons. The molecule has 2 atom stereocenters. The third-order valence-corrected chi connectivity index (χ3v) is 6.07. The van der Waals surface area contributed by atoms with Crippen LogP contribution in [-0.4, -0.2) is 23.3 Å². The van der Waals surface area contributed by atoms with E-state index < -0.39 is 11.7 Å². The van der Waals surface area contributed by atoms with Crippen LogP contribution in [0, 0.1) is 11.8 Å². The van der Waals surface area contributed by atoms with Crippen LogP contribution in [-0.2, 0) is 22.3 Å². The highest BCUT2D eigenvalue weighted by atomic mass is 19.4. The minimum Gasteiger partial charge on any atom is -0.352 e. The van der Waals surface area contributed by atoms with Crippen LogP contribution in [0.5, 0.6) is 0 Å². The second-order valence-corrected chi connectivity index (χ2v) is 8.38. The van der Waals surface area contributed by atoms with Crippen molar-refractivity contribution in [1.82, 2.24) is 10.2 Å². The van der Waals surface area contributed by atoms with Gasteiger partial charge in [-0.2, -0.15) is 13.2 Å². The lowest BCUT2D eigenvalue weighted by atomic mass is 9.88. The number of nitrogens with one attached hydrogen (secondary N) is 1. The molecule has 0 radical (unpaired) electrons. The molecule has 1 saturated carbocycles. The normalized spacial score (nSPS) is 21.6. The quantitative estimate of drug-likeness (QED) is 0.747. The highest BCUT2D eigenvalue weighted by molar-refractivity contribution is 5.84. The van der Waals surface area contributed by atoms with Gasteiger partial charge in [0.05, 0.1) is 17.5 Å². The van der Waals surface area contributed by atoms with E-state index in [0.29, 0.717) is 24.9 Å². The van der Waals surface area contributed by atoms with Crippen molar-refractivity contribution in [1.29, 1.82) is 0 Å². The van der Waals surface area contributed by atoms with E-state index in [9.17, 15) is 22.8 Å². The Labute approximate surface area is 179 Å². The molecule has 2 amide bonds. The van der Waals surface area contributed by atoms with Crippen LogP contribution in [0.2, 0.25) is 0 Å². The molecule has 2 aliphatic rings. The van der Waals surface area contributed by atoms with E-state index in [2.05, 4.69) is 5.32 Å². The first-order valence-corrected chi connectivity index (χ1v) is 10.6. The third kappa shape index (κ3) is 5.09. The highest BCUT2D eigenvalue weighted by Crippen LogP contribution is 2.39. The molecule has 31 heavy (non-hydrogen) atoms. The predicted molar refractivity (Wildman–Crippen MR) is 110 cm³/mol. The van der Waals surface area contributed by atoms with Crippen LogP contribution in [0.4, 0.5) is 13.2 Å². The zero-order valence-electron chi connectivity index (χ0n) is 17.1. The number of rotatable bonds is 5. The minimum atomic E-state index is -4.42. The molecule has 1 saturated heterocycles. The van der Waals surface area contributed by atoms with E-state index in [1.165, 1.54) is 6.07 Å². The molecule has 0 unspecified atom stereocenters. The van der Waals surface area contributed by atoms with Crippen LogP contribution in [0.15, 0.2) is 54.6 Å². The summed E-state index contributed by atoms with van der Waals surface area (Å²) in [6, 6.07) is 14.8. The molecule has 4 rings (SSSR count). The number of hydrogen-bond acceptors (Lipinski definition) is 2. The molecular weight excluding hydrogens is 405 g/mol. The topological polar surface area (TPSA) is 49.4 Å². The average Bonchev–Trinajstić information content (AvgIpc) is 3.62. The van der Waals surface area contributed by atoms with Crippen molar-refractivity contribution in [3.8, 4) is 0 Å². The molecule has 2 fully saturated rings. The number of carbonyl (C=O) groups is 2. The second kappa shape index (κ2) is 8.73. The Balaban J connectivity index is 1.42. The van der Waals surface area contributed by atoms with E-state index in [0.717, 1.165) is 30.5 Å². The van der Waals surface area contributed by atoms with Gasteiger partial charge in [0.1, 0.15) is 0 Å². The summed E-state index contributed by atoms with van der Waals surface area (Å²) in [5.74, 6) is -0.437. The van der Waals surface area contributed by atoms with Crippen LogP contribution in [0.1, 0.15) is 48.4 Å². The number of likely N-dealkylation sites (tertiary alicyclic amines) is 1. The number of halogens is 3. The monoisotopic (exact) mass is 430 g/mol. The van der Waals surface area contributed by atoms with Crippen molar-refractivity contribution in [2.45, 2.75) is 44.4 Å². The van der Waals surface area contributed by atoms with E-state index in [1.807, 2.05) is 35.2 Å². The van der Waals surface area contributed by atoms with E-state index in [4.69, 9.17) is 0 Å². The van der Waals surface area contributed by atoms with Crippen LogP contribution in [0.3, 0.4) is 0 Å². The van der Waals surface area contributed by atoms with Gasteiger partial charge >= 0.3 is 6.18 Å². The highest BCUT2D eigenvalue weighted by Gasteiger charge is 2.41.